The molecule has 1 aromatic carbocycles. The maximum absolute atomic E-state index is 9.45. The molecule has 142 valence electrons. The molecule has 0 saturated carbocycles. The van der Waals surface area contributed by atoms with E-state index in [-0.39, 0.29) is 0 Å². The van der Waals surface area contributed by atoms with E-state index in [0.29, 0.717) is 18.2 Å². The average molecular weight is 367 g/mol. The van der Waals surface area contributed by atoms with E-state index in [1.165, 1.54) is 0 Å². The van der Waals surface area contributed by atoms with E-state index in [4.69, 9.17) is 15.2 Å². The number of hydrogen-bond acceptors (Lipinski definition) is 6. The first-order valence-electron chi connectivity index (χ1n) is 9.50. The van der Waals surface area contributed by atoms with E-state index < -0.39 is 0 Å². The van der Waals surface area contributed by atoms with Gasteiger partial charge in [0.1, 0.15) is 17.6 Å². The third kappa shape index (κ3) is 3.23. The molecule has 0 radical (unpaired) electrons. The van der Waals surface area contributed by atoms with Crippen LogP contribution in [0.25, 0.3) is 0 Å². The van der Waals surface area contributed by atoms with Crippen LogP contribution in [0.15, 0.2) is 24.3 Å². The molecule has 7 heteroatoms. The predicted octanol–water partition coefficient (Wildman–Crippen LogP) is 2.80. The molecule has 2 N–H and O–H groups in total. The first kappa shape index (κ1) is 17.4. The van der Waals surface area contributed by atoms with Crippen LogP contribution in [0.1, 0.15) is 25.5 Å². The van der Waals surface area contributed by atoms with Gasteiger partial charge in [-0.1, -0.05) is 13.3 Å². The Labute approximate surface area is 159 Å². The molecule has 2 aromatic rings. The molecule has 0 spiro atoms. The third-order valence-electron chi connectivity index (χ3n) is 5.25. The highest BCUT2D eigenvalue weighted by atomic mass is 16.7. The first-order valence-corrected chi connectivity index (χ1v) is 9.50. The van der Waals surface area contributed by atoms with Gasteiger partial charge in [0.25, 0.3) is 0 Å². The lowest BCUT2D eigenvalue weighted by Crippen LogP contribution is -2.47. The molecule has 1 saturated heterocycles. The largest absolute Gasteiger partial charge is 0.454 e. The van der Waals surface area contributed by atoms with Crippen LogP contribution in [0.2, 0.25) is 0 Å². The highest BCUT2D eigenvalue weighted by Gasteiger charge is 2.24. The lowest BCUT2D eigenvalue weighted by molar-refractivity contribution is 0.174. The van der Waals surface area contributed by atoms with Crippen LogP contribution in [-0.4, -0.2) is 37.5 Å². The molecule has 2 aliphatic rings. The number of nitrogens with zero attached hydrogens (tertiary/aromatic N) is 4. The Morgan fingerprint density at radius 2 is 1.81 bits per heavy atom. The summed E-state index contributed by atoms with van der Waals surface area (Å²) in [6, 6.07) is 10.2. The highest BCUT2D eigenvalue weighted by molar-refractivity contribution is 5.68. The highest BCUT2D eigenvalue weighted by Crippen LogP contribution is 2.36. The normalized spacial score (nSPS) is 15.9. The molecule has 7 nitrogen and oxygen atoms in total. The fourth-order valence-corrected chi connectivity index (χ4v) is 3.81. The molecule has 4 rings (SSSR count). The maximum Gasteiger partial charge on any atom is 0.231 e. The lowest BCUT2D eigenvalue weighted by Gasteiger charge is -2.38. The quantitative estimate of drug-likeness (QED) is 0.875. The zero-order valence-corrected chi connectivity index (χ0v) is 15.6. The summed E-state index contributed by atoms with van der Waals surface area (Å²) in [4.78, 5) is 4.65. The lowest BCUT2D eigenvalue weighted by atomic mass is 10.2. The summed E-state index contributed by atoms with van der Waals surface area (Å²) in [5.41, 5.74) is 8.76. The molecule has 0 aliphatic carbocycles. The number of benzene rings is 1. The number of nitriles is 1. The number of ether oxygens (including phenoxy) is 2. The summed E-state index contributed by atoms with van der Waals surface area (Å²) < 4.78 is 13.0. The Hall–Kier alpha value is -3.01. The zero-order valence-electron chi connectivity index (χ0n) is 15.6. The van der Waals surface area contributed by atoms with Crippen molar-refractivity contribution in [3.05, 3.63) is 30.0 Å². The Kier molecular flexibility index (Phi) is 4.71. The second-order valence-electron chi connectivity index (χ2n) is 6.94. The van der Waals surface area contributed by atoms with Gasteiger partial charge < -0.3 is 29.6 Å². The predicted molar refractivity (Wildman–Crippen MR) is 105 cm³/mol. The van der Waals surface area contributed by atoms with Crippen molar-refractivity contribution < 1.29 is 9.47 Å². The number of rotatable bonds is 5. The smallest absolute Gasteiger partial charge is 0.231 e. The molecule has 1 fully saturated rings. The molecule has 1 aromatic heterocycles. The molecule has 0 amide bonds. The summed E-state index contributed by atoms with van der Waals surface area (Å²) in [6.07, 6.45) is 2.12. The van der Waals surface area contributed by atoms with Crippen LogP contribution in [0, 0.1) is 11.3 Å². The maximum atomic E-state index is 9.45. The van der Waals surface area contributed by atoms with Gasteiger partial charge in [0.05, 0.1) is 5.69 Å². The molecule has 2 aliphatic heterocycles. The van der Waals surface area contributed by atoms with Crippen molar-refractivity contribution in [3.63, 3.8) is 0 Å². The van der Waals surface area contributed by atoms with Crippen LogP contribution in [-0.2, 0) is 6.54 Å². The number of anilines is 3. The molecular formula is C20H25N5O2. The molecule has 0 bridgehead atoms. The van der Waals surface area contributed by atoms with E-state index in [9.17, 15) is 5.26 Å². The topological polar surface area (TPSA) is 79.7 Å². The van der Waals surface area contributed by atoms with E-state index in [2.05, 4.69) is 33.4 Å². The number of hydrogen-bond donors (Lipinski definition) is 1. The SMILES string of the molecule is CCCCn1c(C#N)cc(N)c1N1CCN(c2ccc3c(c2)OCO3)CC1. The van der Waals surface area contributed by atoms with Crippen LogP contribution < -0.4 is 25.0 Å². The first-order chi connectivity index (χ1) is 13.2. The van der Waals surface area contributed by atoms with Crippen molar-refractivity contribution in [2.75, 3.05) is 48.5 Å². The number of nitrogen functional groups attached to an aromatic ring is 1. The second kappa shape index (κ2) is 7.31. The third-order valence-corrected chi connectivity index (χ3v) is 5.25. The zero-order chi connectivity index (χ0) is 18.8. The van der Waals surface area contributed by atoms with Crippen LogP contribution in [0.4, 0.5) is 17.2 Å². The summed E-state index contributed by atoms with van der Waals surface area (Å²) in [5, 5.41) is 9.45. The molecule has 3 heterocycles. The van der Waals surface area contributed by atoms with Gasteiger partial charge in [-0.2, -0.15) is 5.26 Å². The molecule has 0 unspecified atom stereocenters. The van der Waals surface area contributed by atoms with E-state index in [1.54, 1.807) is 6.07 Å². The summed E-state index contributed by atoms with van der Waals surface area (Å²) in [5.74, 6) is 2.61. The number of nitrogens with two attached hydrogens (primary N) is 1. The number of unbranched alkanes of at least 4 members (excludes halogenated alkanes) is 1. The number of fused-ring (bicyclic) bond motifs is 1. The van der Waals surface area contributed by atoms with Gasteiger partial charge in [-0.3, -0.25) is 0 Å². The fraction of sp³-hybridized carbons (Fsp3) is 0.450. The van der Waals surface area contributed by atoms with Crippen molar-refractivity contribution in [2.45, 2.75) is 26.3 Å². The van der Waals surface area contributed by atoms with Gasteiger partial charge in [0.15, 0.2) is 11.5 Å². The van der Waals surface area contributed by atoms with Gasteiger partial charge in [-0.15, -0.1) is 0 Å². The van der Waals surface area contributed by atoms with E-state index in [0.717, 1.165) is 68.6 Å². The summed E-state index contributed by atoms with van der Waals surface area (Å²) in [7, 11) is 0. The standard InChI is InChI=1S/C20H25N5O2/c1-2-3-6-25-16(13-21)11-17(22)20(25)24-9-7-23(8-10-24)15-4-5-18-19(12-15)27-14-26-18/h4-5,11-12H,2-3,6-10,14,22H2,1H3. The van der Waals surface area contributed by atoms with Crippen molar-refractivity contribution in [2.24, 2.45) is 0 Å². The minimum absolute atomic E-state index is 0.293. The molecular weight excluding hydrogens is 342 g/mol. The van der Waals surface area contributed by atoms with E-state index in [1.807, 2.05) is 12.1 Å². The number of piperazine rings is 1. The monoisotopic (exact) mass is 367 g/mol. The fourth-order valence-electron chi connectivity index (χ4n) is 3.81. The summed E-state index contributed by atoms with van der Waals surface area (Å²) >= 11 is 0. The Bertz CT molecular complexity index is 862. The average Bonchev–Trinajstić information content (AvgIpc) is 3.29. The van der Waals surface area contributed by atoms with Crippen LogP contribution in [0.3, 0.4) is 0 Å². The van der Waals surface area contributed by atoms with Gasteiger partial charge >= 0.3 is 0 Å². The Morgan fingerprint density at radius 3 is 2.56 bits per heavy atom. The Balaban J connectivity index is 1.49. The molecule has 27 heavy (non-hydrogen) atoms. The Morgan fingerprint density at radius 1 is 1.07 bits per heavy atom. The second-order valence-corrected chi connectivity index (χ2v) is 6.94. The minimum atomic E-state index is 0.293. The molecule has 0 atom stereocenters. The number of aromatic nitrogens is 1. The van der Waals surface area contributed by atoms with Crippen molar-refractivity contribution in [1.29, 1.82) is 5.26 Å². The minimum Gasteiger partial charge on any atom is -0.454 e. The van der Waals surface area contributed by atoms with E-state index >= 15 is 0 Å². The van der Waals surface area contributed by atoms with Crippen molar-refractivity contribution >= 4 is 17.2 Å². The van der Waals surface area contributed by atoms with Crippen LogP contribution in [0.5, 0.6) is 11.5 Å². The van der Waals surface area contributed by atoms with Gasteiger partial charge in [0.2, 0.25) is 6.79 Å². The summed E-state index contributed by atoms with van der Waals surface area (Å²) in [6.45, 7) is 6.78. The van der Waals surface area contributed by atoms with Gasteiger partial charge in [-0.25, -0.2) is 0 Å². The van der Waals surface area contributed by atoms with Crippen molar-refractivity contribution in [3.8, 4) is 17.6 Å². The van der Waals surface area contributed by atoms with Crippen molar-refractivity contribution in [1.82, 2.24) is 4.57 Å². The van der Waals surface area contributed by atoms with Gasteiger partial charge in [0, 0.05) is 44.5 Å². The van der Waals surface area contributed by atoms with Crippen LogP contribution >= 0.6 is 0 Å². The van der Waals surface area contributed by atoms with Gasteiger partial charge in [-0.05, 0) is 24.6 Å².